The average molecular weight is 2260 g/mol. The van der Waals surface area contributed by atoms with E-state index in [1.165, 1.54) is 101 Å². The first-order valence-electron chi connectivity index (χ1n) is 43.0. The number of aromatic nitrogens is 2. The molecule has 12 aliphatic carbocycles. The van der Waals surface area contributed by atoms with Gasteiger partial charge < -0.3 is 25.6 Å². The van der Waals surface area contributed by atoms with Crippen LogP contribution in [0.1, 0.15) is 198 Å². The number of nitro groups is 1. The molecule has 0 unspecified atom stereocenters. The number of alkyl halides is 12. The molecule has 12 aliphatic rings. The van der Waals surface area contributed by atoms with E-state index in [9.17, 15) is 32.9 Å². The number of halogens is 18. The number of aliphatic hydroxyl groups excluding tert-OH is 1. The summed E-state index contributed by atoms with van der Waals surface area (Å²) in [5.41, 5.74) is 5.71. The predicted octanol–water partition coefficient (Wildman–Crippen LogP) is 25.2. The summed E-state index contributed by atoms with van der Waals surface area (Å²) in [6.45, 7) is 12.4. The third-order valence-corrected chi connectivity index (χ3v) is 42.3. The van der Waals surface area contributed by atoms with Crippen LogP contribution in [0, 0.1) is 27.9 Å². The number of hydrogen-bond acceptors (Lipinski definition) is 11. The minimum absolute atomic E-state index is 0. The molecule has 0 radical (unpaired) electrons. The van der Waals surface area contributed by atoms with Gasteiger partial charge >= 0.3 is 58.1 Å². The molecule has 1 heterocycles. The van der Waals surface area contributed by atoms with Crippen LogP contribution in [0.2, 0.25) is 39.3 Å². The minimum atomic E-state index is -3.37. The fourth-order valence-corrected chi connectivity index (χ4v) is 37.6. The molecule has 0 spiro atoms. The zero-order valence-corrected chi connectivity index (χ0v) is 93.9. The number of nitrogens with two attached hydrogens (primary N) is 1. The van der Waals surface area contributed by atoms with Crippen LogP contribution in [-0.2, 0) is 41.0 Å². The van der Waals surface area contributed by atoms with E-state index in [1.54, 1.807) is 16.4 Å². The van der Waals surface area contributed by atoms with E-state index in [4.69, 9.17) is 215 Å². The molecule has 48 heteroatoms. The maximum atomic E-state index is 14.1. The molecule has 1 aromatic rings. The molecule has 0 saturated heterocycles. The van der Waals surface area contributed by atoms with Crippen molar-refractivity contribution in [3.63, 3.8) is 0 Å². The standard InChI is InChI=1S/C15H24Cl2N5O4P.2C10H18Cl3N2OP.3C6H11Cl.C6H18NSi2.2C5H9Cl3NOP.C3H7N.C2H5BrO.Li/c1-19-14(10-18-15(19)22(23)24)11-26-27(25,20(8-6-16)12-2-3-12)21(9-7-17)13-4-5-13;2*11-5-7-14(9-1-2-9)17(13,16)15(8-6-12)10-3-4-10;3*7-5-1-2-6-3-4-6;1-8(2,3)7-9(4,5)6;2*6-3-4-9(5-1-2-5)11(7,8)10;4-3-1-2-3;3-1-2-4;/h10,12-13H,2-9,11H2,1H3;2*9-10H,1-8H2;3*6H,1-5H2;1-6H3;2*5H,1-4H2;3H,1-2,4H2;4H,1-2H2;/q;;;;;;-1;;;;;+1. The number of nitrogens with zero attached hydrogens (tertiary/aromatic N) is 12. The van der Waals surface area contributed by atoms with E-state index in [-0.39, 0.29) is 50.1 Å². The van der Waals surface area contributed by atoms with Gasteiger partial charge in [0.15, 0.2) is 0 Å². The van der Waals surface area contributed by atoms with Crippen molar-refractivity contribution in [2.45, 2.75) is 293 Å². The molecule has 0 amide bonds. The molecule has 1 aromatic heterocycles. The Morgan fingerprint density at radius 1 is 0.451 bits per heavy atom. The van der Waals surface area contributed by atoms with Gasteiger partial charge in [-0.2, -0.15) is 0 Å². The Morgan fingerprint density at radius 3 is 0.836 bits per heavy atom. The van der Waals surface area contributed by atoms with Gasteiger partial charge in [0.2, 0.25) is 0 Å². The van der Waals surface area contributed by atoms with Crippen LogP contribution in [0.5, 0.6) is 0 Å². The fraction of sp³-hybridized carbons (Fsp3) is 0.959. The molecule has 22 nitrogen and oxygen atoms in total. The summed E-state index contributed by atoms with van der Waals surface area (Å²) < 4.78 is 89.0. The Labute approximate surface area is 839 Å². The van der Waals surface area contributed by atoms with Gasteiger partial charge in [-0.05, 0) is 244 Å². The predicted molar refractivity (Wildman–Crippen MR) is 538 cm³/mol. The quantitative estimate of drug-likeness (QED) is 0.0203. The normalized spacial score (nSPS) is 19.0. The molecular formula is C74H141BrCl17LiN13O9P5Si2. The first kappa shape index (κ1) is 124. The van der Waals surface area contributed by atoms with Crippen molar-refractivity contribution in [2.75, 3.05) is 129 Å². The summed E-state index contributed by atoms with van der Waals surface area (Å²) in [5, 5.41) is 19.5. The molecule has 12 fully saturated rings. The zero-order valence-electron chi connectivity index (χ0n) is 73.0. The maximum Gasteiger partial charge on any atom is 1.00 e. The van der Waals surface area contributed by atoms with E-state index in [2.05, 4.69) is 60.2 Å². The smallest absolute Gasteiger partial charge is 0.668 e. The molecule has 12 saturated carbocycles. The van der Waals surface area contributed by atoms with E-state index in [1.807, 2.05) is 28.0 Å². The molecule has 0 aliphatic heterocycles. The number of rotatable bonds is 48. The van der Waals surface area contributed by atoms with E-state index < -0.39 is 54.7 Å². The molecule has 0 atom stereocenters. The number of aliphatic hydroxyl groups is 1. The summed E-state index contributed by atoms with van der Waals surface area (Å²) in [6, 6.07) is 2.98. The van der Waals surface area contributed by atoms with Crippen molar-refractivity contribution in [1.29, 1.82) is 0 Å². The van der Waals surface area contributed by atoms with Gasteiger partial charge in [-0.1, -0.05) is 115 Å². The largest absolute Gasteiger partial charge is 1.00 e. The van der Waals surface area contributed by atoms with Crippen molar-refractivity contribution in [1.82, 2.24) is 46.9 Å². The molecule has 122 heavy (non-hydrogen) atoms. The Morgan fingerprint density at radius 2 is 0.672 bits per heavy atom. The topological polar surface area (TPSA) is 242 Å². The van der Waals surface area contributed by atoms with Crippen LogP contribution < -0.4 is 24.6 Å². The van der Waals surface area contributed by atoms with Crippen LogP contribution in [0.25, 0.3) is 4.65 Å². The Bertz CT molecular complexity index is 3000. The Balaban J connectivity index is 0.000000475. The Kier molecular flexibility index (Phi) is 65.8. The van der Waals surface area contributed by atoms with Gasteiger partial charge in [-0.3, -0.25) is 27.3 Å². The molecule has 0 aromatic carbocycles. The monoisotopic (exact) mass is 2250 g/mol. The fourth-order valence-electron chi connectivity index (χ4n) is 12.6. The summed E-state index contributed by atoms with van der Waals surface area (Å²) in [7, 11) is -4.04. The summed E-state index contributed by atoms with van der Waals surface area (Å²) in [5.74, 6) is 2.71. The maximum absolute atomic E-state index is 14.1. The van der Waals surface area contributed by atoms with Crippen LogP contribution in [0.3, 0.4) is 0 Å². The average Bonchev–Trinajstić information content (AvgIpc) is 1.49. The summed E-state index contributed by atoms with van der Waals surface area (Å²) in [6.07, 6.45) is 37.1. The second-order valence-electron chi connectivity index (χ2n) is 34.1. The third-order valence-electron chi connectivity index (χ3n) is 20.1. The van der Waals surface area contributed by atoms with E-state index in [0.29, 0.717) is 153 Å². The van der Waals surface area contributed by atoms with Gasteiger partial charge in [-0.25, -0.2) is 41.9 Å². The third kappa shape index (κ3) is 55.5. The second-order valence-corrected chi connectivity index (χ2v) is 66.8. The summed E-state index contributed by atoms with van der Waals surface area (Å²) in [4.78, 5) is 14.2. The molecule has 13 rings (SSSR count). The zero-order chi connectivity index (χ0) is 91.0. The molecule has 716 valence electrons. The first-order chi connectivity index (χ1) is 57.1. The van der Waals surface area contributed by atoms with Crippen LogP contribution >= 0.6 is 244 Å². The van der Waals surface area contributed by atoms with Crippen LogP contribution in [0.4, 0.5) is 5.95 Å². The van der Waals surface area contributed by atoms with Crippen molar-refractivity contribution >= 4 is 267 Å². The SMILES string of the molecule is C[Si](C)(C)[N-][Si](C)(C)C.ClCCCC1CC1.ClCCCC1CC1.ClCCCC1CC1.Cn1c(COP(=O)(N(CCCl)C2CC2)N(CCCl)C2CC2)cnc1[N+](=O)[O-].NC1CC1.O=P(Cl)(Cl)N(CCCl)C1CC1.O=P(Cl)(Cl)N(CCCl)C1CC1.O=P(Cl)(N(CCCl)C1CC1)N(CCCl)C1CC1.O=P(Cl)(N(CCCl)C1CC1)N(CCCl)C1CC1.OCCBr.[Li+]. The van der Waals surface area contributed by atoms with E-state index in [0.717, 1.165) is 138 Å². The van der Waals surface area contributed by atoms with Gasteiger partial charge in [0.1, 0.15) is 18.5 Å². The van der Waals surface area contributed by atoms with Crippen molar-refractivity contribution < 1.29 is 56.2 Å². The van der Waals surface area contributed by atoms with Crippen molar-refractivity contribution in [3.05, 3.63) is 26.7 Å². The molecule has 0 bridgehead atoms. The number of hydrogen-bond donors (Lipinski definition) is 2. The minimum Gasteiger partial charge on any atom is -0.668 e. The van der Waals surface area contributed by atoms with Crippen molar-refractivity contribution in [2.24, 2.45) is 30.5 Å². The Hall–Kier alpha value is 5.72. The number of imidazole rings is 1. The molecular weight excluding hydrogens is 2120 g/mol. The second kappa shape index (κ2) is 64.9. The van der Waals surface area contributed by atoms with Gasteiger partial charge in [0.05, 0.1) is 13.7 Å². The van der Waals surface area contributed by atoms with Gasteiger partial charge in [0.25, 0.3) is 0 Å². The van der Waals surface area contributed by atoms with Gasteiger partial charge in [-0.15, -0.1) is 128 Å². The van der Waals surface area contributed by atoms with Crippen molar-refractivity contribution in [3.8, 4) is 0 Å². The van der Waals surface area contributed by atoms with E-state index >= 15 is 0 Å². The van der Waals surface area contributed by atoms with Gasteiger partial charge in [0, 0.05) is 177 Å². The van der Waals surface area contributed by atoms with Crippen LogP contribution in [-0.4, -0.2) is 257 Å². The van der Waals surface area contributed by atoms with Crippen LogP contribution in [0.15, 0.2) is 6.20 Å². The molecule has 3 N–H and O–H groups in total. The first-order valence-corrected chi connectivity index (χ1v) is 70.4. The summed E-state index contributed by atoms with van der Waals surface area (Å²) >= 11 is 100.